The fraction of sp³-hybridized carbons (Fsp3) is 0. The molecule has 5 aromatic rings. The van der Waals surface area contributed by atoms with Crippen LogP contribution in [0, 0.1) is 5.82 Å². The van der Waals surface area contributed by atoms with E-state index in [9.17, 15) is 9.18 Å². The van der Waals surface area contributed by atoms with Gasteiger partial charge in [0.05, 0.1) is 17.4 Å². The smallest absolute Gasteiger partial charge is 0.256 e. The standard InChI is InChI=1S/C26H19FN6O/c27-18-6-7-23-22(14-18)24(9-12-29-23)32-19-4-1-3-17(13-19)26(34)33-25-15-20(8-11-30-25)31-21-5-2-10-28-16-21/h1-16H,(H,29,32)(H2,30,31,33,34). The molecule has 3 N–H and O–H groups in total. The first kappa shape index (κ1) is 21.0. The van der Waals surface area contributed by atoms with Crippen molar-refractivity contribution in [1.82, 2.24) is 15.0 Å². The number of pyridine rings is 3. The number of hydrogen-bond donors (Lipinski definition) is 3. The lowest BCUT2D eigenvalue weighted by atomic mass is 10.1. The van der Waals surface area contributed by atoms with Crippen molar-refractivity contribution in [2.24, 2.45) is 0 Å². The van der Waals surface area contributed by atoms with Crippen LogP contribution in [0.2, 0.25) is 0 Å². The Bertz CT molecular complexity index is 1480. The van der Waals surface area contributed by atoms with Crippen LogP contribution >= 0.6 is 0 Å². The lowest BCUT2D eigenvalue weighted by molar-refractivity contribution is 0.102. The molecule has 0 aliphatic heterocycles. The normalized spacial score (nSPS) is 10.6. The van der Waals surface area contributed by atoms with Crippen molar-refractivity contribution in [2.75, 3.05) is 16.0 Å². The Morgan fingerprint density at radius 2 is 1.62 bits per heavy atom. The van der Waals surface area contributed by atoms with Crippen LogP contribution in [-0.2, 0) is 0 Å². The molecule has 166 valence electrons. The molecule has 3 aromatic heterocycles. The number of amides is 1. The Labute approximate surface area is 194 Å². The number of benzene rings is 2. The molecule has 0 bridgehead atoms. The highest BCUT2D eigenvalue weighted by Crippen LogP contribution is 2.26. The van der Waals surface area contributed by atoms with E-state index < -0.39 is 0 Å². The highest BCUT2D eigenvalue weighted by atomic mass is 19.1. The number of carbonyl (C=O) groups is 1. The summed E-state index contributed by atoms with van der Waals surface area (Å²) >= 11 is 0. The molecule has 0 saturated heterocycles. The number of nitrogens with one attached hydrogen (secondary N) is 3. The molecule has 7 nitrogen and oxygen atoms in total. The first-order valence-corrected chi connectivity index (χ1v) is 10.5. The molecule has 0 spiro atoms. The van der Waals surface area contributed by atoms with Crippen molar-refractivity contribution < 1.29 is 9.18 Å². The average molecular weight is 450 g/mol. The molecule has 8 heteroatoms. The van der Waals surface area contributed by atoms with E-state index in [0.29, 0.717) is 33.7 Å². The van der Waals surface area contributed by atoms with E-state index in [1.54, 1.807) is 67.3 Å². The SMILES string of the molecule is O=C(Nc1cc(Nc2cccnc2)ccn1)c1cccc(Nc2ccnc3ccc(F)cc23)c1. The van der Waals surface area contributed by atoms with Crippen LogP contribution in [0.25, 0.3) is 10.9 Å². The largest absolute Gasteiger partial charge is 0.355 e. The number of nitrogens with zero attached hydrogens (tertiary/aromatic N) is 3. The molecule has 2 aromatic carbocycles. The summed E-state index contributed by atoms with van der Waals surface area (Å²) in [5, 5.41) is 9.94. The molecule has 0 atom stereocenters. The van der Waals surface area contributed by atoms with Crippen molar-refractivity contribution in [3.05, 3.63) is 109 Å². The summed E-state index contributed by atoms with van der Waals surface area (Å²) < 4.78 is 13.8. The number of rotatable bonds is 6. The second kappa shape index (κ2) is 9.33. The van der Waals surface area contributed by atoms with Crippen molar-refractivity contribution in [1.29, 1.82) is 0 Å². The van der Waals surface area contributed by atoms with Crippen molar-refractivity contribution in [2.45, 2.75) is 0 Å². The van der Waals surface area contributed by atoms with Crippen LogP contribution in [-0.4, -0.2) is 20.9 Å². The zero-order valence-electron chi connectivity index (χ0n) is 17.9. The van der Waals surface area contributed by atoms with Crippen LogP contribution in [0.4, 0.5) is 33.0 Å². The number of aromatic nitrogens is 3. The van der Waals surface area contributed by atoms with Gasteiger partial charge in [-0.25, -0.2) is 9.37 Å². The molecule has 0 unspecified atom stereocenters. The van der Waals surface area contributed by atoms with Crippen LogP contribution < -0.4 is 16.0 Å². The molecule has 5 rings (SSSR count). The van der Waals surface area contributed by atoms with Crippen LogP contribution in [0.1, 0.15) is 10.4 Å². The highest BCUT2D eigenvalue weighted by Gasteiger charge is 2.10. The molecule has 0 aliphatic rings. The predicted molar refractivity (Wildman–Crippen MR) is 131 cm³/mol. The summed E-state index contributed by atoms with van der Waals surface area (Å²) in [4.78, 5) is 25.4. The molecule has 0 fully saturated rings. The zero-order chi connectivity index (χ0) is 23.3. The number of fused-ring (bicyclic) bond motifs is 1. The van der Waals surface area contributed by atoms with Gasteiger partial charge in [0.15, 0.2) is 0 Å². The predicted octanol–water partition coefficient (Wildman–Crippen LogP) is 5.90. The number of hydrogen-bond acceptors (Lipinski definition) is 6. The second-order valence-electron chi connectivity index (χ2n) is 7.48. The van der Waals surface area contributed by atoms with Crippen molar-refractivity contribution in [3.63, 3.8) is 0 Å². The van der Waals surface area contributed by atoms with Gasteiger partial charge in [0.25, 0.3) is 5.91 Å². The topological polar surface area (TPSA) is 91.8 Å². The maximum Gasteiger partial charge on any atom is 0.256 e. The van der Waals surface area contributed by atoms with Crippen molar-refractivity contribution >= 4 is 45.4 Å². The Morgan fingerprint density at radius 3 is 2.50 bits per heavy atom. The van der Waals surface area contributed by atoms with Gasteiger partial charge in [0.2, 0.25) is 0 Å². The molecule has 1 amide bonds. The van der Waals surface area contributed by atoms with Crippen LogP contribution in [0.15, 0.2) is 97.6 Å². The van der Waals surface area contributed by atoms with E-state index in [1.807, 2.05) is 18.2 Å². The molecular formula is C26H19FN6O. The average Bonchev–Trinajstić information content (AvgIpc) is 2.85. The van der Waals surface area contributed by atoms with Crippen molar-refractivity contribution in [3.8, 4) is 0 Å². The van der Waals surface area contributed by atoms with Crippen LogP contribution in [0.3, 0.4) is 0 Å². The fourth-order valence-corrected chi connectivity index (χ4v) is 3.49. The van der Waals surface area contributed by atoms with Gasteiger partial charge in [0, 0.05) is 52.7 Å². The van der Waals surface area contributed by atoms with E-state index in [4.69, 9.17) is 0 Å². The molecule has 0 aliphatic carbocycles. The summed E-state index contributed by atoms with van der Waals surface area (Å²) in [7, 11) is 0. The third-order valence-corrected chi connectivity index (χ3v) is 5.06. The Morgan fingerprint density at radius 1 is 0.765 bits per heavy atom. The number of carbonyl (C=O) groups excluding carboxylic acids is 1. The lowest BCUT2D eigenvalue weighted by Crippen LogP contribution is -2.13. The van der Waals surface area contributed by atoms with Gasteiger partial charge in [0.1, 0.15) is 11.6 Å². The minimum atomic E-state index is -0.343. The second-order valence-corrected chi connectivity index (χ2v) is 7.48. The maximum atomic E-state index is 13.8. The Kier molecular flexibility index (Phi) is 5.77. The fourth-order valence-electron chi connectivity index (χ4n) is 3.49. The van der Waals surface area contributed by atoms with E-state index >= 15 is 0 Å². The van der Waals surface area contributed by atoms with Gasteiger partial charge >= 0.3 is 0 Å². The third kappa shape index (κ3) is 4.81. The van der Waals surface area contributed by atoms with Gasteiger partial charge < -0.3 is 16.0 Å². The highest BCUT2D eigenvalue weighted by molar-refractivity contribution is 6.04. The summed E-state index contributed by atoms with van der Waals surface area (Å²) in [5.41, 5.74) is 4.09. The molecule has 0 radical (unpaired) electrons. The van der Waals surface area contributed by atoms with Gasteiger partial charge in [-0.05, 0) is 60.7 Å². The summed E-state index contributed by atoms with van der Waals surface area (Å²) in [5.74, 6) is -0.238. The minimum Gasteiger partial charge on any atom is -0.355 e. The summed E-state index contributed by atoms with van der Waals surface area (Å²) in [6.07, 6.45) is 6.66. The van der Waals surface area contributed by atoms with Gasteiger partial charge in [-0.2, -0.15) is 0 Å². The molecule has 0 saturated carbocycles. The van der Waals surface area contributed by atoms with Gasteiger partial charge in [-0.1, -0.05) is 6.07 Å². The quantitative estimate of drug-likeness (QED) is 0.298. The van der Waals surface area contributed by atoms with Crippen LogP contribution in [0.5, 0.6) is 0 Å². The van der Waals surface area contributed by atoms with E-state index in [2.05, 4.69) is 30.9 Å². The van der Waals surface area contributed by atoms with E-state index in [0.717, 1.165) is 11.4 Å². The molecule has 3 heterocycles. The summed E-state index contributed by atoms with van der Waals surface area (Å²) in [6.45, 7) is 0. The van der Waals surface area contributed by atoms with E-state index in [1.165, 1.54) is 12.1 Å². The molecular weight excluding hydrogens is 431 g/mol. The Hall–Kier alpha value is -4.85. The van der Waals surface area contributed by atoms with Gasteiger partial charge in [-0.3, -0.25) is 14.8 Å². The zero-order valence-corrected chi connectivity index (χ0v) is 17.9. The minimum absolute atomic E-state index is 0.305. The number of anilines is 5. The molecule has 34 heavy (non-hydrogen) atoms. The Balaban J connectivity index is 1.33. The first-order chi connectivity index (χ1) is 16.6. The number of halogens is 1. The lowest BCUT2D eigenvalue weighted by Gasteiger charge is -2.11. The first-order valence-electron chi connectivity index (χ1n) is 10.5. The monoisotopic (exact) mass is 450 g/mol. The van der Waals surface area contributed by atoms with Gasteiger partial charge in [-0.15, -0.1) is 0 Å². The third-order valence-electron chi connectivity index (χ3n) is 5.06. The maximum absolute atomic E-state index is 13.8. The van der Waals surface area contributed by atoms with E-state index in [-0.39, 0.29) is 11.7 Å². The summed E-state index contributed by atoms with van der Waals surface area (Å²) in [6, 6.07) is 20.5.